The molecule has 0 spiro atoms. The number of hydrogen-bond acceptors (Lipinski definition) is 3. The Morgan fingerprint density at radius 1 is 1.56 bits per heavy atom. The Balaban J connectivity index is 1.89. The van der Waals surface area contributed by atoms with Crippen molar-refractivity contribution in [2.75, 3.05) is 13.1 Å². The van der Waals surface area contributed by atoms with Crippen molar-refractivity contribution >= 4 is 17.1 Å². The van der Waals surface area contributed by atoms with E-state index in [4.69, 9.17) is 0 Å². The second-order valence-electron chi connectivity index (χ2n) is 4.54. The van der Waals surface area contributed by atoms with Crippen LogP contribution in [0.1, 0.15) is 31.7 Å². The molecule has 1 aliphatic heterocycles. The summed E-state index contributed by atoms with van der Waals surface area (Å²) in [6, 6.07) is 2.37. The third-order valence-electron chi connectivity index (χ3n) is 3.35. The molecule has 1 aromatic heterocycles. The van der Waals surface area contributed by atoms with E-state index in [1.807, 2.05) is 0 Å². The van der Waals surface area contributed by atoms with Crippen molar-refractivity contribution < 1.29 is 4.79 Å². The normalized spacial score (nSPS) is 22.2. The molecule has 1 unspecified atom stereocenters. The molecule has 0 N–H and O–H groups in total. The van der Waals surface area contributed by atoms with Crippen LogP contribution < -0.4 is 0 Å². The van der Waals surface area contributed by atoms with Gasteiger partial charge in [-0.3, -0.25) is 9.69 Å². The summed E-state index contributed by atoms with van der Waals surface area (Å²) < 4.78 is 0. The van der Waals surface area contributed by atoms with Crippen molar-refractivity contribution in [3.63, 3.8) is 0 Å². The number of nitrogens with zero attached hydrogens (tertiary/aromatic N) is 1. The minimum atomic E-state index is 0.187. The van der Waals surface area contributed by atoms with Gasteiger partial charge in [-0.05, 0) is 55.1 Å². The van der Waals surface area contributed by atoms with Crippen molar-refractivity contribution in [3.05, 3.63) is 22.4 Å². The largest absolute Gasteiger partial charge is 0.298 e. The molecule has 1 atom stereocenters. The van der Waals surface area contributed by atoms with E-state index in [9.17, 15) is 4.79 Å². The monoisotopic (exact) mass is 237 g/mol. The Morgan fingerprint density at radius 2 is 2.44 bits per heavy atom. The molecular formula is C13H19NOS. The number of ketones is 1. The van der Waals surface area contributed by atoms with Gasteiger partial charge in [-0.15, -0.1) is 0 Å². The summed E-state index contributed by atoms with van der Waals surface area (Å²) in [4.78, 5) is 13.9. The van der Waals surface area contributed by atoms with E-state index >= 15 is 0 Å². The molecule has 1 aliphatic rings. The van der Waals surface area contributed by atoms with E-state index in [0.717, 1.165) is 25.9 Å². The molecule has 88 valence electrons. The van der Waals surface area contributed by atoms with Crippen LogP contribution in [-0.4, -0.2) is 29.8 Å². The van der Waals surface area contributed by atoms with Crippen LogP contribution >= 0.6 is 11.3 Å². The maximum Gasteiger partial charge on any atom is 0.146 e. The second-order valence-corrected chi connectivity index (χ2v) is 5.32. The molecule has 0 aliphatic carbocycles. The first-order valence-electron chi connectivity index (χ1n) is 6.03. The minimum absolute atomic E-state index is 0.187. The van der Waals surface area contributed by atoms with Crippen LogP contribution in [0.2, 0.25) is 0 Å². The summed E-state index contributed by atoms with van der Waals surface area (Å²) in [6.07, 6.45) is 4.58. The zero-order valence-electron chi connectivity index (χ0n) is 9.82. The van der Waals surface area contributed by atoms with Gasteiger partial charge in [0.05, 0.1) is 6.04 Å². The van der Waals surface area contributed by atoms with Gasteiger partial charge in [0.2, 0.25) is 0 Å². The smallest absolute Gasteiger partial charge is 0.146 e. The Morgan fingerprint density at radius 3 is 3.12 bits per heavy atom. The highest BCUT2D eigenvalue weighted by molar-refractivity contribution is 7.07. The number of likely N-dealkylation sites (tertiary alicyclic amines) is 1. The number of rotatable bonds is 4. The number of thiophene rings is 1. The van der Waals surface area contributed by atoms with Crippen molar-refractivity contribution in [2.24, 2.45) is 0 Å². The van der Waals surface area contributed by atoms with Crippen LogP contribution in [0.25, 0.3) is 0 Å². The number of carbonyl (C=O) groups is 1. The molecule has 1 aromatic rings. The average molecular weight is 237 g/mol. The van der Waals surface area contributed by atoms with Gasteiger partial charge < -0.3 is 0 Å². The molecule has 0 amide bonds. The maximum atomic E-state index is 11.5. The Bertz CT molecular complexity index is 334. The van der Waals surface area contributed by atoms with Gasteiger partial charge in [-0.1, -0.05) is 6.42 Å². The third-order valence-corrected chi connectivity index (χ3v) is 4.08. The molecule has 0 saturated carbocycles. The quantitative estimate of drug-likeness (QED) is 0.802. The predicted octanol–water partition coefficient (Wildman–Crippen LogP) is 2.73. The summed E-state index contributed by atoms with van der Waals surface area (Å²) >= 11 is 1.75. The molecular weight excluding hydrogens is 218 g/mol. The van der Waals surface area contributed by atoms with Gasteiger partial charge in [0, 0.05) is 6.54 Å². The highest BCUT2D eigenvalue weighted by Gasteiger charge is 2.25. The molecule has 2 rings (SSSR count). The summed E-state index contributed by atoms with van der Waals surface area (Å²) in [7, 11) is 0. The SMILES string of the molecule is CC(=O)C1CCCCN1CCc1ccsc1. The van der Waals surface area contributed by atoms with Gasteiger partial charge in [0.25, 0.3) is 0 Å². The topological polar surface area (TPSA) is 20.3 Å². The standard InChI is InChI=1S/C13H19NOS/c1-11(15)13-4-2-3-7-14(13)8-5-12-6-9-16-10-12/h6,9-10,13H,2-5,7-8H2,1H3. The summed E-state index contributed by atoms with van der Waals surface area (Å²) in [5.74, 6) is 0.338. The van der Waals surface area contributed by atoms with E-state index in [-0.39, 0.29) is 6.04 Å². The second kappa shape index (κ2) is 5.60. The van der Waals surface area contributed by atoms with Crippen molar-refractivity contribution in [2.45, 2.75) is 38.6 Å². The molecule has 0 aromatic carbocycles. The first kappa shape index (κ1) is 11.8. The van der Waals surface area contributed by atoms with Gasteiger partial charge in [0.15, 0.2) is 0 Å². The Kier molecular flexibility index (Phi) is 4.13. The molecule has 1 saturated heterocycles. The van der Waals surface area contributed by atoms with Crippen LogP contribution in [0.15, 0.2) is 16.8 Å². The molecule has 0 radical (unpaired) electrons. The summed E-state index contributed by atoms with van der Waals surface area (Å²) in [6.45, 7) is 3.85. The predicted molar refractivity (Wildman–Crippen MR) is 67.9 cm³/mol. The molecule has 0 bridgehead atoms. The van der Waals surface area contributed by atoms with E-state index in [2.05, 4.69) is 21.7 Å². The van der Waals surface area contributed by atoms with Crippen LogP contribution in [-0.2, 0) is 11.2 Å². The highest BCUT2D eigenvalue weighted by atomic mass is 32.1. The Labute approximate surface area is 101 Å². The number of piperidine rings is 1. The number of Topliss-reactive ketones (excluding diaryl/α,β-unsaturated/α-hetero) is 1. The van der Waals surface area contributed by atoms with E-state index in [1.54, 1.807) is 18.3 Å². The molecule has 1 fully saturated rings. The first-order valence-corrected chi connectivity index (χ1v) is 6.97. The molecule has 3 heteroatoms. The van der Waals surface area contributed by atoms with Gasteiger partial charge >= 0.3 is 0 Å². The minimum Gasteiger partial charge on any atom is -0.298 e. The van der Waals surface area contributed by atoms with E-state index < -0.39 is 0 Å². The fourth-order valence-electron chi connectivity index (χ4n) is 2.43. The van der Waals surface area contributed by atoms with Crippen LogP contribution in [0.3, 0.4) is 0 Å². The zero-order valence-corrected chi connectivity index (χ0v) is 10.6. The van der Waals surface area contributed by atoms with E-state index in [1.165, 1.54) is 18.4 Å². The summed E-state index contributed by atoms with van der Waals surface area (Å²) in [5, 5.41) is 4.32. The Hall–Kier alpha value is -0.670. The fourth-order valence-corrected chi connectivity index (χ4v) is 3.13. The van der Waals surface area contributed by atoms with Crippen molar-refractivity contribution in [1.82, 2.24) is 4.90 Å². The molecule has 16 heavy (non-hydrogen) atoms. The fraction of sp³-hybridized carbons (Fsp3) is 0.615. The lowest BCUT2D eigenvalue weighted by Crippen LogP contribution is -2.44. The van der Waals surface area contributed by atoms with Gasteiger partial charge in [0.1, 0.15) is 5.78 Å². The molecule has 2 nitrogen and oxygen atoms in total. The van der Waals surface area contributed by atoms with Gasteiger partial charge in [-0.25, -0.2) is 0 Å². The van der Waals surface area contributed by atoms with Crippen molar-refractivity contribution in [3.8, 4) is 0 Å². The lowest BCUT2D eigenvalue weighted by molar-refractivity contribution is -0.123. The van der Waals surface area contributed by atoms with Crippen molar-refractivity contribution in [1.29, 1.82) is 0 Å². The average Bonchev–Trinajstić information content (AvgIpc) is 2.79. The van der Waals surface area contributed by atoms with E-state index in [0.29, 0.717) is 5.78 Å². The van der Waals surface area contributed by atoms with Crippen LogP contribution in [0.5, 0.6) is 0 Å². The maximum absolute atomic E-state index is 11.5. The lowest BCUT2D eigenvalue weighted by atomic mass is 9.98. The molecule has 2 heterocycles. The third kappa shape index (κ3) is 2.92. The lowest BCUT2D eigenvalue weighted by Gasteiger charge is -2.33. The first-order chi connectivity index (χ1) is 7.77. The van der Waals surface area contributed by atoms with Gasteiger partial charge in [-0.2, -0.15) is 11.3 Å². The number of hydrogen-bond donors (Lipinski definition) is 0. The van der Waals surface area contributed by atoms with Crippen LogP contribution in [0.4, 0.5) is 0 Å². The zero-order chi connectivity index (χ0) is 11.4. The highest BCUT2D eigenvalue weighted by Crippen LogP contribution is 2.18. The van der Waals surface area contributed by atoms with Crippen LogP contribution in [0, 0.1) is 0 Å². The summed E-state index contributed by atoms with van der Waals surface area (Å²) in [5.41, 5.74) is 1.40. The number of carbonyl (C=O) groups excluding carboxylic acids is 1.